The lowest BCUT2D eigenvalue weighted by Gasteiger charge is -2.02. The van der Waals surface area contributed by atoms with E-state index in [2.05, 4.69) is 15.6 Å². The fourth-order valence-electron chi connectivity index (χ4n) is 1.45. The second-order valence-electron chi connectivity index (χ2n) is 4.25. The first-order chi connectivity index (χ1) is 9.04. The first-order valence-electron chi connectivity index (χ1n) is 5.82. The number of carboxylic acids is 1. The van der Waals surface area contributed by atoms with Crippen molar-refractivity contribution in [2.45, 2.75) is 31.6 Å². The molecule has 0 spiro atoms. The van der Waals surface area contributed by atoms with Gasteiger partial charge in [-0.3, -0.25) is 20.2 Å². The number of anilines is 1. The number of thiazole rings is 1. The zero-order valence-corrected chi connectivity index (χ0v) is 10.8. The van der Waals surface area contributed by atoms with E-state index >= 15 is 0 Å². The topological polar surface area (TPSA) is 108 Å². The normalized spacial score (nSPS) is 13.9. The number of aliphatic carboxylic acids is 1. The standard InChI is InChI=1S/C11H13N3O4S/c15-8(3-4-9(16)17)13-10(18)14-11-12-7(5-19-11)6-1-2-6/h5-6H,1-4H2,(H,16,17)(H2,12,13,14,15,18). The molecule has 1 fully saturated rings. The third kappa shape index (κ3) is 4.32. The van der Waals surface area contributed by atoms with Crippen LogP contribution in [-0.4, -0.2) is 28.0 Å². The van der Waals surface area contributed by atoms with E-state index in [1.54, 1.807) is 0 Å². The molecule has 0 aliphatic heterocycles. The minimum atomic E-state index is -1.08. The summed E-state index contributed by atoms with van der Waals surface area (Å²) < 4.78 is 0. The molecule has 0 radical (unpaired) electrons. The predicted octanol–water partition coefficient (Wildman–Crippen LogP) is 1.53. The molecule has 0 atom stereocenters. The van der Waals surface area contributed by atoms with Crippen molar-refractivity contribution >= 4 is 34.4 Å². The van der Waals surface area contributed by atoms with Crippen molar-refractivity contribution in [1.29, 1.82) is 0 Å². The van der Waals surface area contributed by atoms with Gasteiger partial charge in [-0.05, 0) is 12.8 Å². The van der Waals surface area contributed by atoms with Crippen LogP contribution in [0.25, 0.3) is 0 Å². The Morgan fingerprint density at radius 1 is 1.37 bits per heavy atom. The molecular formula is C11H13N3O4S. The van der Waals surface area contributed by atoms with Crippen molar-refractivity contribution in [2.24, 2.45) is 0 Å². The van der Waals surface area contributed by atoms with E-state index in [9.17, 15) is 14.4 Å². The van der Waals surface area contributed by atoms with Crippen molar-refractivity contribution in [3.05, 3.63) is 11.1 Å². The molecule has 1 heterocycles. The van der Waals surface area contributed by atoms with Crippen molar-refractivity contribution in [3.63, 3.8) is 0 Å². The molecule has 0 aromatic carbocycles. The van der Waals surface area contributed by atoms with E-state index in [0.717, 1.165) is 18.5 Å². The monoisotopic (exact) mass is 283 g/mol. The van der Waals surface area contributed by atoms with Gasteiger partial charge < -0.3 is 5.11 Å². The maximum absolute atomic E-state index is 11.4. The van der Waals surface area contributed by atoms with Crippen molar-refractivity contribution < 1.29 is 19.5 Å². The molecule has 7 nitrogen and oxygen atoms in total. The quantitative estimate of drug-likeness (QED) is 0.759. The van der Waals surface area contributed by atoms with Crippen LogP contribution in [0.15, 0.2) is 5.38 Å². The minimum absolute atomic E-state index is 0.228. The number of hydrogen-bond acceptors (Lipinski definition) is 5. The molecule has 19 heavy (non-hydrogen) atoms. The van der Waals surface area contributed by atoms with Gasteiger partial charge in [0.25, 0.3) is 0 Å². The highest BCUT2D eigenvalue weighted by Gasteiger charge is 2.26. The molecule has 0 unspecified atom stereocenters. The molecule has 0 saturated heterocycles. The highest BCUT2D eigenvalue weighted by atomic mass is 32.1. The van der Waals surface area contributed by atoms with Gasteiger partial charge in [0, 0.05) is 17.7 Å². The van der Waals surface area contributed by atoms with E-state index in [-0.39, 0.29) is 12.8 Å². The Kier molecular flexibility index (Phi) is 4.10. The van der Waals surface area contributed by atoms with Crippen LogP contribution in [0.1, 0.15) is 37.3 Å². The van der Waals surface area contributed by atoms with E-state index in [0.29, 0.717) is 11.0 Å². The second kappa shape index (κ2) is 5.79. The summed E-state index contributed by atoms with van der Waals surface area (Å²) >= 11 is 1.30. The van der Waals surface area contributed by atoms with E-state index in [4.69, 9.17) is 5.11 Å². The first-order valence-corrected chi connectivity index (χ1v) is 6.70. The smallest absolute Gasteiger partial charge is 0.327 e. The summed E-state index contributed by atoms with van der Waals surface area (Å²) in [5.74, 6) is -1.20. The van der Waals surface area contributed by atoms with Gasteiger partial charge in [0.1, 0.15) is 0 Å². The van der Waals surface area contributed by atoms with Gasteiger partial charge in [0.15, 0.2) is 5.13 Å². The largest absolute Gasteiger partial charge is 0.481 e. The second-order valence-corrected chi connectivity index (χ2v) is 5.11. The summed E-state index contributed by atoms with van der Waals surface area (Å²) in [4.78, 5) is 37.2. The number of aromatic nitrogens is 1. The van der Waals surface area contributed by atoms with Gasteiger partial charge >= 0.3 is 12.0 Å². The maximum Gasteiger partial charge on any atom is 0.327 e. The molecule has 1 aliphatic carbocycles. The molecule has 0 bridgehead atoms. The predicted molar refractivity (Wildman–Crippen MR) is 68.1 cm³/mol. The average Bonchev–Trinajstić information content (AvgIpc) is 3.08. The van der Waals surface area contributed by atoms with Crippen LogP contribution in [-0.2, 0) is 9.59 Å². The summed E-state index contributed by atoms with van der Waals surface area (Å²) in [6.07, 6.45) is 1.72. The SMILES string of the molecule is O=C(O)CCC(=O)NC(=O)Nc1nc(C2CC2)cs1. The minimum Gasteiger partial charge on any atom is -0.481 e. The fourth-order valence-corrected chi connectivity index (χ4v) is 2.24. The molecule has 1 saturated carbocycles. The highest BCUT2D eigenvalue weighted by Crippen LogP contribution is 2.40. The number of carbonyl (C=O) groups excluding carboxylic acids is 2. The van der Waals surface area contributed by atoms with Gasteiger partial charge in [-0.15, -0.1) is 11.3 Å². The lowest BCUT2D eigenvalue weighted by atomic mass is 10.3. The average molecular weight is 283 g/mol. The van der Waals surface area contributed by atoms with Crippen molar-refractivity contribution in [2.75, 3.05) is 5.32 Å². The number of carbonyl (C=O) groups is 3. The number of carboxylic acid groups (broad SMARTS) is 1. The Balaban J connectivity index is 1.76. The summed E-state index contributed by atoms with van der Waals surface area (Å²) in [6.45, 7) is 0. The van der Waals surface area contributed by atoms with E-state index in [1.807, 2.05) is 5.38 Å². The van der Waals surface area contributed by atoms with Crippen LogP contribution in [0.5, 0.6) is 0 Å². The fraction of sp³-hybridized carbons (Fsp3) is 0.455. The summed E-state index contributed by atoms with van der Waals surface area (Å²) in [6, 6.07) is -0.688. The molecular weight excluding hydrogens is 270 g/mol. The van der Waals surface area contributed by atoms with E-state index < -0.39 is 17.9 Å². The van der Waals surface area contributed by atoms with Crippen molar-refractivity contribution in [1.82, 2.24) is 10.3 Å². The molecule has 1 aliphatic rings. The molecule has 102 valence electrons. The van der Waals surface area contributed by atoms with Crippen LogP contribution in [0, 0.1) is 0 Å². The maximum atomic E-state index is 11.4. The van der Waals surface area contributed by atoms with Gasteiger partial charge in [-0.2, -0.15) is 0 Å². The lowest BCUT2D eigenvalue weighted by Crippen LogP contribution is -2.34. The molecule has 1 aromatic rings. The zero-order chi connectivity index (χ0) is 13.8. The lowest BCUT2D eigenvalue weighted by molar-refractivity contribution is -0.138. The molecule has 1 aromatic heterocycles. The van der Waals surface area contributed by atoms with Crippen LogP contribution in [0.2, 0.25) is 0 Å². The van der Waals surface area contributed by atoms with Crippen LogP contribution >= 0.6 is 11.3 Å². The third-order valence-electron chi connectivity index (χ3n) is 2.56. The number of urea groups is 1. The number of amides is 3. The first kappa shape index (κ1) is 13.5. The highest BCUT2D eigenvalue weighted by molar-refractivity contribution is 7.13. The number of imide groups is 1. The Hall–Kier alpha value is -1.96. The summed E-state index contributed by atoms with van der Waals surface area (Å²) in [5, 5.41) is 15.2. The summed E-state index contributed by atoms with van der Waals surface area (Å²) in [5.41, 5.74) is 0.970. The number of nitrogens with one attached hydrogen (secondary N) is 2. The number of hydrogen-bond donors (Lipinski definition) is 3. The molecule has 2 rings (SSSR count). The van der Waals surface area contributed by atoms with Gasteiger partial charge in [0.05, 0.1) is 12.1 Å². The van der Waals surface area contributed by atoms with Crippen molar-refractivity contribution in [3.8, 4) is 0 Å². The third-order valence-corrected chi connectivity index (χ3v) is 3.33. The Morgan fingerprint density at radius 2 is 2.11 bits per heavy atom. The number of nitrogens with zero attached hydrogens (tertiary/aromatic N) is 1. The Bertz CT molecular complexity index is 510. The Labute approximate surface area is 113 Å². The zero-order valence-electron chi connectivity index (χ0n) is 10.0. The molecule has 3 N–H and O–H groups in total. The molecule has 3 amide bonds. The van der Waals surface area contributed by atoms with Crippen LogP contribution in [0.4, 0.5) is 9.93 Å². The van der Waals surface area contributed by atoms with E-state index in [1.165, 1.54) is 11.3 Å². The van der Waals surface area contributed by atoms with Crippen LogP contribution in [0.3, 0.4) is 0 Å². The molecule has 8 heteroatoms. The Morgan fingerprint density at radius 3 is 2.74 bits per heavy atom. The van der Waals surface area contributed by atoms with Gasteiger partial charge in [-0.1, -0.05) is 0 Å². The van der Waals surface area contributed by atoms with Gasteiger partial charge in [0.2, 0.25) is 5.91 Å². The summed E-state index contributed by atoms with van der Waals surface area (Å²) in [7, 11) is 0. The van der Waals surface area contributed by atoms with Crippen LogP contribution < -0.4 is 10.6 Å². The number of rotatable bonds is 5. The van der Waals surface area contributed by atoms with Gasteiger partial charge in [-0.25, -0.2) is 9.78 Å².